The van der Waals surface area contributed by atoms with Crippen molar-refractivity contribution in [3.8, 4) is 11.5 Å². The number of hydrogen-bond acceptors (Lipinski definition) is 10. The monoisotopic (exact) mass is 553 g/mol. The molecule has 0 amide bonds. The number of nitrogens with two attached hydrogens (primary N) is 1. The van der Waals surface area contributed by atoms with Crippen LogP contribution in [0.1, 0.15) is 0 Å². The van der Waals surface area contributed by atoms with Gasteiger partial charge in [-0.05, 0) is 30.3 Å². The Morgan fingerprint density at radius 3 is 2.56 bits per heavy atom. The van der Waals surface area contributed by atoms with Crippen LogP contribution in [0.3, 0.4) is 0 Å². The van der Waals surface area contributed by atoms with Gasteiger partial charge in [-0.15, -0.1) is 0 Å². The molecular weight excluding hydrogens is 521 g/mol. The quantitative estimate of drug-likeness (QED) is 0.364. The Labute approximate surface area is 228 Å². The van der Waals surface area contributed by atoms with Crippen LogP contribution >= 0.6 is 0 Å². The summed E-state index contributed by atoms with van der Waals surface area (Å²) in [5, 5.41) is 4.45. The fraction of sp³-hybridized carbons (Fsp3) is 0.423. The number of nitrogen functional groups attached to an aromatic ring is 1. The summed E-state index contributed by atoms with van der Waals surface area (Å²) in [6, 6.07) is 10.9. The molecule has 0 bridgehead atoms. The predicted octanol–water partition coefficient (Wildman–Crippen LogP) is 1.93. The molecule has 13 heteroatoms. The first-order valence-electron chi connectivity index (χ1n) is 13.1. The molecule has 0 atom stereocenters. The van der Waals surface area contributed by atoms with Crippen LogP contribution in [0.4, 0.5) is 27.7 Å². The van der Waals surface area contributed by atoms with E-state index in [1.165, 1.54) is 4.52 Å². The van der Waals surface area contributed by atoms with E-state index in [9.17, 15) is 4.21 Å². The number of nitrogens with zero attached hydrogens (tertiary/aromatic N) is 8. The molecule has 1 aromatic carbocycles. The van der Waals surface area contributed by atoms with Gasteiger partial charge in [-0.2, -0.15) is 19.6 Å². The maximum atomic E-state index is 15.0. The Bertz CT molecular complexity index is 1460. The number of halogens is 1. The topological polar surface area (TPSA) is 112 Å². The van der Waals surface area contributed by atoms with Crippen molar-refractivity contribution in [3.63, 3.8) is 0 Å². The second-order valence-electron chi connectivity index (χ2n) is 9.88. The molecule has 0 unspecified atom stereocenters. The second kappa shape index (κ2) is 10.8. The van der Waals surface area contributed by atoms with E-state index in [0.29, 0.717) is 53.3 Å². The minimum absolute atomic E-state index is 0.201. The summed E-state index contributed by atoms with van der Waals surface area (Å²) in [6.07, 6.45) is 1.60. The SMILES string of the molecule is CN(CCN1CCN(c2ccc(N3CCS(=O)CC3)cc2F)CC1)c1nc(N)n2nc(-c3ccco3)cc2n1. The average molecular weight is 554 g/mol. The number of fused-ring (bicyclic) bond motifs is 1. The minimum atomic E-state index is -0.750. The van der Waals surface area contributed by atoms with Crippen molar-refractivity contribution in [2.45, 2.75) is 0 Å². The summed E-state index contributed by atoms with van der Waals surface area (Å²) in [7, 11) is 1.20. The van der Waals surface area contributed by atoms with E-state index in [0.717, 1.165) is 45.0 Å². The largest absolute Gasteiger partial charge is 0.463 e. The summed E-state index contributed by atoms with van der Waals surface area (Å²) < 4.78 is 33.6. The van der Waals surface area contributed by atoms with Crippen molar-refractivity contribution < 1.29 is 13.0 Å². The van der Waals surface area contributed by atoms with Gasteiger partial charge in [-0.25, -0.2) is 4.39 Å². The highest BCUT2D eigenvalue weighted by atomic mass is 32.2. The first-order chi connectivity index (χ1) is 18.9. The Kier molecular flexibility index (Phi) is 7.09. The zero-order valence-electron chi connectivity index (χ0n) is 21.9. The van der Waals surface area contributed by atoms with Crippen LogP contribution in [0.25, 0.3) is 17.1 Å². The Hall–Kier alpha value is -3.71. The number of anilines is 4. The number of likely N-dealkylation sites (N-methyl/N-ethyl adjacent to an activating group) is 1. The lowest BCUT2D eigenvalue weighted by molar-refractivity contribution is 0.263. The lowest BCUT2D eigenvalue weighted by atomic mass is 10.2. The van der Waals surface area contributed by atoms with E-state index in [4.69, 9.17) is 10.2 Å². The van der Waals surface area contributed by atoms with Crippen LogP contribution in [-0.4, -0.2) is 99.6 Å². The Morgan fingerprint density at radius 2 is 1.85 bits per heavy atom. The van der Waals surface area contributed by atoms with Crippen LogP contribution in [0, 0.1) is 5.82 Å². The standard InChI is InChI=1S/C26H32FN9O2S/c1-32(26-29-24-18-21(23-3-2-14-38-23)31-36(24)25(28)30-26)6-7-33-8-10-35(11-9-33)22-5-4-19(17-20(22)27)34-12-15-39(37)16-13-34/h2-5,14,17-18H,6-13,15-16H2,1H3,(H2,28,29,30). The molecule has 2 aliphatic rings. The van der Waals surface area contributed by atoms with Crippen molar-refractivity contribution in [1.82, 2.24) is 24.5 Å². The average Bonchev–Trinajstić information content (AvgIpc) is 3.63. The van der Waals surface area contributed by atoms with Crippen molar-refractivity contribution in [2.75, 3.05) is 91.3 Å². The van der Waals surface area contributed by atoms with E-state index in [1.54, 1.807) is 12.3 Å². The molecular formula is C26H32FN9O2S. The fourth-order valence-corrected chi connectivity index (χ4v) is 6.11. The molecule has 0 aliphatic carbocycles. The van der Waals surface area contributed by atoms with Gasteiger partial charge in [0.2, 0.25) is 11.9 Å². The third-order valence-corrected chi connectivity index (χ3v) is 8.67. The van der Waals surface area contributed by atoms with E-state index in [2.05, 4.69) is 29.8 Å². The summed E-state index contributed by atoms with van der Waals surface area (Å²) in [4.78, 5) is 17.7. The first kappa shape index (κ1) is 25.6. The van der Waals surface area contributed by atoms with Gasteiger partial charge in [0.25, 0.3) is 0 Å². The van der Waals surface area contributed by atoms with Crippen LogP contribution in [0.15, 0.2) is 47.1 Å². The maximum absolute atomic E-state index is 15.0. The molecule has 0 spiro atoms. The molecule has 0 saturated carbocycles. The van der Waals surface area contributed by atoms with Gasteiger partial charge in [-0.3, -0.25) is 9.11 Å². The smallest absolute Gasteiger partial charge is 0.230 e. The molecule has 3 aromatic heterocycles. The van der Waals surface area contributed by atoms with Crippen LogP contribution in [0.2, 0.25) is 0 Å². The van der Waals surface area contributed by atoms with Gasteiger partial charge >= 0.3 is 0 Å². The van der Waals surface area contributed by atoms with Gasteiger partial charge in [0.05, 0.1) is 12.0 Å². The number of aromatic nitrogens is 4. The lowest BCUT2D eigenvalue weighted by Crippen LogP contribution is -2.48. The van der Waals surface area contributed by atoms with Gasteiger partial charge < -0.3 is 24.9 Å². The van der Waals surface area contributed by atoms with Gasteiger partial charge in [-0.1, -0.05) is 0 Å². The van der Waals surface area contributed by atoms with Crippen molar-refractivity contribution >= 4 is 39.7 Å². The molecule has 5 heterocycles. The molecule has 4 aromatic rings. The molecule has 6 rings (SSSR count). The highest BCUT2D eigenvalue weighted by Gasteiger charge is 2.22. The van der Waals surface area contributed by atoms with E-state index >= 15 is 4.39 Å². The Morgan fingerprint density at radius 1 is 1.05 bits per heavy atom. The number of rotatable bonds is 7. The van der Waals surface area contributed by atoms with Gasteiger partial charge in [0.15, 0.2) is 11.4 Å². The van der Waals surface area contributed by atoms with Crippen LogP contribution in [-0.2, 0) is 10.8 Å². The normalized spacial score (nSPS) is 17.3. The van der Waals surface area contributed by atoms with Crippen LogP contribution < -0.4 is 20.4 Å². The van der Waals surface area contributed by atoms with E-state index in [1.807, 2.05) is 42.3 Å². The third kappa shape index (κ3) is 5.41. The zero-order valence-corrected chi connectivity index (χ0v) is 22.7. The number of benzene rings is 1. The number of hydrogen-bond donors (Lipinski definition) is 1. The summed E-state index contributed by atoms with van der Waals surface area (Å²) in [5.74, 6) is 2.53. The third-order valence-electron chi connectivity index (χ3n) is 7.39. The summed E-state index contributed by atoms with van der Waals surface area (Å²) in [5.41, 5.74) is 8.93. The van der Waals surface area contributed by atoms with Crippen molar-refractivity contribution in [3.05, 3.63) is 48.5 Å². The summed E-state index contributed by atoms with van der Waals surface area (Å²) >= 11 is 0. The molecule has 0 radical (unpaired) electrons. The van der Waals surface area contributed by atoms with E-state index < -0.39 is 10.8 Å². The molecule has 39 heavy (non-hydrogen) atoms. The fourth-order valence-electron chi connectivity index (χ4n) is 5.06. The second-order valence-corrected chi connectivity index (χ2v) is 11.6. The Balaban J connectivity index is 1.03. The molecule has 2 aliphatic heterocycles. The molecule has 2 saturated heterocycles. The first-order valence-corrected chi connectivity index (χ1v) is 14.6. The maximum Gasteiger partial charge on any atom is 0.230 e. The minimum Gasteiger partial charge on any atom is -0.463 e. The predicted molar refractivity (Wildman–Crippen MR) is 151 cm³/mol. The van der Waals surface area contributed by atoms with E-state index in [-0.39, 0.29) is 11.8 Å². The number of furan rings is 1. The van der Waals surface area contributed by atoms with Crippen molar-refractivity contribution in [1.29, 1.82) is 0 Å². The molecule has 11 nitrogen and oxygen atoms in total. The highest BCUT2D eigenvalue weighted by molar-refractivity contribution is 7.85. The number of piperazine rings is 1. The molecule has 2 N–H and O–H groups in total. The highest BCUT2D eigenvalue weighted by Crippen LogP contribution is 2.27. The molecule has 206 valence electrons. The van der Waals surface area contributed by atoms with Crippen molar-refractivity contribution in [2.24, 2.45) is 0 Å². The molecule has 2 fully saturated rings. The van der Waals surface area contributed by atoms with Gasteiger partial charge in [0.1, 0.15) is 11.5 Å². The van der Waals surface area contributed by atoms with Gasteiger partial charge in [0, 0.05) is 93.5 Å². The summed E-state index contributed by atoms with van der Waals surface area (Å²) in [6.45, 7) is 6.14. The lowest BCUT2D eigenvalue weighted by Gasteiger charge is -2.37. The van der Waals surface area contributed by atoms with Crippen LogP contribution in [0.5, 0.6) is 0 Å². The zero-order chi connectivity index (χ0) is 26.9.